The monoisotopic (exact) mass is 408 g/mol. The smallest absolute Gasteiger partial charge is 0.341 e. The zero-order chi connectivity index (χ0) is 20.1. The summed E-state index contributed by atoms with van der Waals surface area (Å²) in [4.78, 5) is 31.2. The number of nitrogens with one attached hydrogen (secondary N) is 1. The number of aromatic carboxylic acids is 1. The molecule has 0 bridgehead atoms. The second kappa shape index (κ2) is 6.27. The van der Waals surface area contributed by atoms with Crippen LogP contribution in [0.25, 0.3) is 26.9 Å². The van der Waals surface area contributed by atoms with Crippen LogP contribution in [0.4, 0.5) is 0 Å². The first-order chi connectivity index (χ1) is 14.0. The van der Waals surface area contributed by atoms with Crippen molar-refractivity contribution in [1.82, 2.24) is 29.5 Å². The van der Waals surface area contributed by atoms with Gasteiger partial charge in [-0.25, -0.2) is 14.5 Å². The molecule has 0 saturated carbocycles. The molecule has 0 aliphatic heterocycles. The second-order valence-corrected chi connectivity index (χ2v) is 7.23. The Kier molecular flexibility index (Phi) is 3.71. The summed E-state index contributed by atoms with van der Waals surface area (Å²) in [7, 11) is 0. The van der Waals surface area contributed by atoms with Gasteiger partial charge in [-0.05, 0) is 29.6 Å². The van der Waals surface area contributed by atoms with Crippen molar-refractivity contribution < 1.29 is 15.0 Å². The Balaban J connectivity index is 1.56. The van der Waals surface area contributed by atoms with Crippen molar-refractivity contribution in [2.75, 3.05) is 0 Å². The zero-order valence-corrected chi connectivity index (χ0v) is 15.4. The fraction of sp³-hybridized carbons (Fsp3) is 0.0556. The topological polar surface area (TPSA) is 139 Å². The minimum absolute atomic E-state index is 0.0336. The Bertz CT molecular complexity index is 1460. The molecule has 0 amide bonds. The molecule has 0 aliphatic rings. The molecule has 4 aromatic heterocycles. The third-order valence-corrected chi connectivity index (χ3v) is 5.51. The van der Waals surface area contributed by atoms with Gasteiger partial charge < -0.3 is 15.2 Å². The third-order valence-electron chi connectivity index (χ3n) is 4.59. The van der Waals surface area contributed by atoms with E-state index < -0.39 is 17.3 Å². The summed E-state index contributed by atoms with van der Waals surface area (Å²) in [5, 5.41) is 29.4. The van der Waals surface area contributed by atoms with Crippen molar-refractivity contribution in [3.63, 3.8) is 0 Å². The molecule has 3 N–H and O–H groups in total. The first kappa shape index (κ1) is 17.1. The lowest BCUT2D eigenvalue weighted by Gasteiger charge is -2.09. The van der Waals surface area contributed by atoms with Gasteiger partial charge in [-0.3, -0.25) is 9.36 Å². The molecule has 0 saturated heterocycles. The molecule has 5 rings (SSSR count). The minimum Gasteiger partial charge on any atom is -0.502 e. The predicted octanol–water partition coefficient (Wildman–Crippen LogP) is 1.97. The molecule has 0 radical (unpaired) electrons. The van der Waals surface area contributed by atoms with Gasteiger partial charge in [0.1, 0.15) is 11.3 Å². The van der Waals surface area contributed by atoms with Crippen molar-refractivity contribution in [1.29, 1.82) is 0 Å². The highest BCUT2D eigenvalue weighted by Crippen LogP contribution is 2.29. The average molecular weight is 408 g/mol. The molecule has 0 unspecified atom stereocenters. The molecule has 0 aliphatic carbocycles. The van der Waals surface area contributed by atoms with Crippen LogP contribution in [0, 0.1) is 0 Å². The van der Waals surface area contributed by atoms with E-state index in [1.165, 1.54) is 4.57 Å². The Morgan fingerprint density at radius 1 is 1.28 bits per heavy atom. The summed E-state index contributed by atoms with van der Waals surface area (Å²) in [6, 6.07) is 7.21. The summed E-state index contributed by atoms with van der Waals surface area (Å²) in [5.74, 6) is -2.14. The van der Waals surface area contributed by atoms with Crippen LogP contribution in [0.1, 0.15) is 16.1 Å². The lowest BCUT2D eigenvalue weighted by molar-refractivity contribution is 0.0695. The number of carboxylic acid groups (broad SMARTS) is 1. The molecule has 11 heteroatoms. The van der Waals surface area contributed by atoms with E-state index >= 15 is 0 Å². The van der Waals surface area contributed by atoms with Crippen molar-refractivity contribution in [3.8, 4) is 11.4 Å². The number of carbonyl (C=O) groups is 1. The number of fused-ring (bicyclic) bond motifs is 2. The van der Waals surface area contributed by atoms with Gasteiger partial charge in [-0.15, -0.1) is 16.4 Å². The van der Waals surface area contributed by atoms with Crippen LogP contribution in [0.2, 0.25) is 0 Å². The highest BCUT2D eigenvalue weighted by Gasteiger charge is 2.22. The third kappa shape index (κ3) is 2.67. The number of aromatic amines is 1. The fourth-order valence-corrected chi connectivity index (χ4v) is 4.17. The van der Waals surface area contributed by atoms with E-state index in [9.17, 15) is 19.8 Å². The van der Waals surface area contributed by atoms with Crippen molar-refractivity contribution in [3.05, 3.63) is 63.8 Å². The van der Waals surface area contributed by atoms with Gasteiger partial charge in [0.05, 0.1) is 46.0 Å². The highest BCUT2D eigenvalue weighted by atomic mass is 32.1. The quantitative estimate of drug-likeness (QED) is 0.413. The standard InChI is InChI=1S/C18H12N6O4S/c25-15-14(18(27)28)16-13(3-4-29-16)23(17(15)26)6-9-7-24(22-21-9)10-1-2-11-12(5-10)20-8-19-11/h1-5,7-8,25H,6H2,(H,19,20)(H,27,28). The van der Waals surface area contributed by atoms with Crippen molar-refractivity contribution in [2.24, 2.45) is 0 Å². The fourth-order valence-electron chi connectivity index (χ4n) is 3.23. The molecule has 10 nitrogen and oxygen atoms in total. The predicted molar refractivity (Wildman–Crippen MR) is 105 cm³/mol. The number of H-pyrrole nitrogens is 1. The van der Waals surface area contributed by atoms with Gasteiger partial charge in [0, 0.05) is 0 Å². The molecule has 0 spiro atoms. The Morgan fingerprint density at radius 2 is 2.14 bits per heavy atom. The Labute approximate surface area is 165 Å². The van der Waals surface area contributed by atoms with Gasteiger partial charge in [-0.1, -0.05) is 5.21 Å². The van der Waals surface area contributed by atoms with Gasteiger partial charge in [0.15, 0.2) is 5.75 Å². The summed E-state index contributed by atoms with van der Waals surface area (Å²) in [5.41, 5.74) is 2.17. The van der Waals surface area contributed by atoms with Gasteiger partial charge in [0.25, 0.3) is 5.56 Å². The number of pyridine rings is 1. The number of hydrogen-bond donors (Lipinski definition) is 3. The molecule has 5 aromatic rings. The number of aromatic nitrogens is 6. The normalized spacial score (nSPS) is 11.4. The number of carboxylic acids is 1. The van der Waals surface area contributed by atoms with Gasteiger partial charge in [0.2, 0.25) is 0 Å². The van der Waals surface area contributed by atoms with E-state index in [4.69, 9.17) is 0 Å². The molecular weight excluding hydrogens is 396 g/mol. The number of thiophene rings is 1. The minimum atomic E-state index is -1.35. The number of rotatable bonds is 4. The Morgan fingerprint density at radius 3 is 2.97 bits per heavy atom. The van der Waals surface area contributed by atoms with Crippen LogP contribution >= 0.6 is 11.3 Å². The maximum atomic E-state index is 12.6. The second-order valence-electron chi connectivity index (χ2n) is 6.31. The van der Waals surface area contributed by atoms with Gasteiger partial charge >= 0.3 is 5.97 Å². The van der Waals surface area contributed by atoms with Crippen LogP contribution in [0.15, 0.2) is 47.0 Å². The first-order valence-corrected chi connectivity index (χ1v) is 9.32. The number of nitrogens with zero attached hydrogens (tertiary/aromatic N) is 5. The molecule has 29 heavy (non-hydrogen) atoms. The SMILES string of the molecule is O=C(O)c1c(O)c(=O)n(Cc2cn(-c3ccc4nc[nH]c4c3)nn2)c2ccsc12. The Hall–Kier alpha value is -3.99. The molecule has 0 atom stereocenters. The van der Waals surface area contributed by atoms with Crippen LogP contribution < -0.4 is 5.56 Å². The van der Waals surface area contributed by atoms with Crippen LogP contribution in [-0.2, 0) is 6.54 Å². The number of imidazole rings is 1. The molecular formula is C18H12N6O4S. The summed E-state index contributed by atoms with van der Waals surface area (Å²) in [6.45, 7) is 0.0336. The van der Waals surface area contributed by atoms with Crippen molar-refractivity contribution in [2.45, 2.75) is 6.54 Å². The molecule has 144 valence electrons. The highest BCUT2D eigenvalue weighted by molar-refractivity contribution is 7.17. The summed E-state index contributed by atoms with van der Waals surface area (Å²) < 4.78 is 3.18. The van der Waals surface area contributed by atoms with Gasteiger partial charge in [-0.2, -0.15) is 0 Å². The van der Waals surface area contributed by atoms with Crippen molar-refractivity contribution >= 4 is 38.6 Å². The van der Waals surface area contributed by atoms with E-state index in [-0.39, 0.29) is 12.1 Å². The van der Waals surface area contributed by atoms with E-state index in [0.717, 1.165) is 28.1 Å². The van der Waals surface area contributed by atoms with E-state index in [1.807, 2.05) is 18.2 Å². The van der Waals surface area contributed by atoms with E-state index in [0.29, 0.717) is 15.9 Å². The maximum Gasteiger partial charge on any atom is 0.341 e. The largest absolute Gasteiger partial charge is 0.502 e. The molecule has 1 aromatic carbocycles. The summed E-state index contributed by atoms with van der Waals surface area (Å²) in [6.07, 6.45) is 3.28. The average Bonchev–Trinajstić information content (AvgIpc) is 3.44. The van der Waals surface area contributed by atoms with Crippen LogP contribution in [-0.4, -0.2) is 45.7 Å². The lowest BCUT2D eigenvalue weighted by atomic mass is 10.2. The number of aromatic hydroxyl groups is 1. The first-order valence-electron chi connectivity index (χ1n) is 8.44. The molecule has 0 fully saturated rings. The van der Waals surface area contributed by atoms with Crippen LogP contribution in [0.3, 0.4) is 0 Å². The number of benzene rings is 1. The maximum absolute atomic E-state index is 12.6. The number of hydrogen-bond acceptors (Lipinski definition) is 7. The zero-order valence-electron chi connectivity index (χ0n) is 14.6. The lowest BCUT2D eigenvalue weighted by Crippen LogP contribution is -2.23. The molecule has 4 heterocycles. The van der Waals surface area contributed by atoms with E-state index in [1.54, 1.807) is 28.7 Å². The van der Waals surface area contributed by atoms with E-state index in [2.05, 4.69) is 20.3 Å². The van der Waals surface area contributed by atoms with Crippen LogP contribution in [0.5, 0.6) is 5.75 Å². The summed E-state index contributed by atoms with van der Waals surface area (Å²) >= 11 is 1.14.